The molecule has 0 saturated carbocycles. The minimum Gasteiger partial charge on any atom is -0.493 e. The Morgan fingerprint density at radius 3 is 2.38 bits per heavy atom. The highest BCUT2D eigenvalue weighted by atomic mass is 35.5. The Kier molecular flexibility index (Phi) is 4.97. The summed E-state index contributed by atoms with van der Waals surface area (Å²) in [7, 11) is 3.14. The van der Waals surface area contributed by atoms with Crippen molar-refractivity contribution in [2.45, 2.75) is 0 Å². The maximum atomic E-state index is 9.51. The fraction of sp³-hybridized carbons (Fsp3) is 0.100. The topological polar surface area (TPSA) is 81.2 Å². The van der Waals surface area contributed by atoms with E-state index in [2.05, 4.69) is 11.1 Å². The molecule has 0 aliphatic carbocycles. The summed E-state index contributed by atoms with van der Waals surface area (Å²) < 4.78 is 10.6. The molecular weight excluding hydrogens is 350 g/mol. The van der Waals surface area contributed by atoms with E-state index in [9.17, 15) is 5.26 Å². The number of nitrogens with two attached hydrogens (primary N) is 1. The highest BCUT2D eigenvalue weighted by Gasteiger charge is 2.16. The van der Waals surface area contributed by atoms with Crippen molar-refractivity contribution in [1.29, 1.82) is 5.26 Å². The largest absolute Gasteiger partial charge is 0.493 e. The molecule has 0 spiro atoms. The van der Waals surface area contributed by atoms with Crippen LogP contribution in [0, 0.1) is 11.3 Å². The van der Waals surface area contributed by atoms with E-state index in [-0.39, 0.29) is 5.82 Å². The number of hydrogen-bond donors (Lipinski definition) is 1. The quantitative estimate of drug-likeness (QED) is 0.734. The Labute approximate surface area is 156 Å². The van der Waals surface area contributed by atoms with Crippen LogP contribution in [-0.4, -0.2) is 19.2 Å². The molecule has 0 radical (unpaired) electrons. The summed E-state index contributed by atoms with van der Waals surface area (Å²) in [6.45, 7) is 0. The molecule has 3 rings (SSSR count). The summed E-state index contributed by atoms with van der Waals surface area (Å²) in [5, 5.41) is 10.0. The lowest BCUT2D eigenvalue weighted by atomic mass is 9.98. The Hall–Kier alpha value is -3.23. The number of pyridine rings is 1. The number of benzene rings is 2. The molecule has 0 fully saturated rings. The number of hydrogen-bond acceptors (Lipinski definition) is 5. The normalized spacial score (nSPS) is 10.2. The minimum absolute atomic E-state index is 0.148. The first-order valence-electron chi connectivity index (χ1n) is 7.77. The Bertz CT molecular complexity index is 1010. The maximum absolute atomic E-state index is 9.51. The molecule has 26 heavy (non-hydrogen) atoms. The van der Waals surface area contributed by atoms with E-state index in [4.69, 9.17) is 26.8 Å². The monoisotopic (exact) mass is 365 g/mol. The van der Waals surface area contributed by atoms with Crippen LogP contribution in [0.2, 0.25) is 5.02 Å². The molecule has 130 valence electrons. The van der Waals surface area contributed by atoms with Gasteiger partial charge >= 0.3 is 0 Å². The predicted molar refractivity (Wildman–Crippen MR) is 102 cm³/mol. The van der Waals surface area contributed by atoms with E-state index in [0.29, 0.717) is 33.3 Å². The van der Waals surface area contributed by atoms with Crippen molar-refractivity contribution in [1.82, 2.24) is 4.98 Å². The zero-order valence-corrected chi connectivity index (χ0v) is 15.0. The molecule has 0 bridgehead atoms. The van der Waals surface area contributed by atoms with Gasteiger partial charge in [-0.3, -0.25) is 0 Å². The van der Waals surface area contributed by atoms with Crippen LogP contribution in [0.4, 0.5) is 5.82 Å². The van der Waals surface area contributed by atoms with Crippen LogP contribution in [0.15, 0.2) is 48.5 Å². The first kappa shape index (κ1) is 17.6. The van der Waals surface area contributed by atoms with Crippen molar-refractivity contribution < 1.29 is 9.47 Å². The summed E-state index contributed by atoms with van der Waals surface area (Å²) in [6, 6.07) is 16.7. The van der Waals surface area contributed by atoms with Crippen LogP contribution in [-0.2, 0) is 0 Å². The van der Waals surface area contributed by atoms with Crippen LogP contribution in [0.25, 0.3) is 22.4 Å². The van der Waals surface area contributed by atoms with E-state index >= 15 is 0 Å². The summed E-state index contributed by atoms with van der Waals surface area (Å²) in [5.74, 6) is 1.34. The first-order valence-corrected chi connectivity index (χ1v) is 8.14. The van der Waals surface area contributed by atoms with E-state index in [1.807, 2.05) is 30.3 Å². The van der Waals surface area contributed by atoms with Gasteiger partial charge in [0.15, 0.2) is 11.5 Å². The van der Waals surface area contributed by atoms with Crippen molar-refractivity contribution in [2.75, 3.05) is 20.0 Å². The highest BCUT2D eigenvalue weighted by Crippen LogP contribution is 2.37. The van der Waals surface area contributed by atoms with Gasteiger partial charge in [0.05, 0.1) is 19.9 Å². The Morgan fingerprint density at radius 1 is 1.00 bits per heavy atom. The zero-order chi connectivity index (χ0) is 18.7. The van der Waals surface area contributed by atoms with Gasteiger partial charge in [-0.05, 0) is 30.3 Å². The molecule has 2 aromatic carbocycles. The smallest absolute Gasteiger partial charge is 0.161 e. The minimum atomic E-state index is 0.148. The van der Waals surface area contributed by atoms with Gasteiger partial charge in [0, 0.05) is 21.7 Å². The second-order valence-corrected chi connectivity index (χ2v) is 5.88. The van der Waals surface area contributed by atoms with E-state index in [0.717, 1.165) is 11.1 Å². The van der Waals surface area contributed by atoms with Crippen molar-refractivity contribution in [3.8, 4) is 40.0 Å². The van der Waals surface area contributed by atoms with Crippen LogP contribution >= 0.6 is 11.6 Å². The highest BCUT2D eigenvalue weighted by molar-refractivity contribution is 6.33. The summed E-state index contributed by atoms with van der Waals surface area (Å²) >= 11 is 6.32. The van der Waals surface area contributed by atoms with Gasteiger partial charge in [-0.25, -0.2) is 4.98 Å². The summed E-state index contributed by atoms with van der Waals surface area (Å²) in [5.41, 5.74) is 9.10. The van der Waals surface area contributed by atoms with Gasteiger partial charge in [-0.1, -0.05) is 29.8 Å². The molecule has 0 unspecified atom stereocenters. The second kappa shape index (κ2) is 7.34. The Morgan fingerprint density at radius 2 is 1.73 bits per heavy atom. The fourth-order valence-corrected chi connectivity index (χ4v) is 2.96. The summed E-state index contributed by atoms with van der Waals surface area (Å²) in [4.78, 5) is 4.38. The van der Waals surface area contributed by atoms with Crippen molar-refractivity contribution in [3.05, 3.63) is 59.1 Å². The third-order valence-corrected chi connectivity index (χ3v) is 4.33. The maximum Gasteiger partial charge on any atom is 0.161 e. The standard InChI is InChI=1S/C20H16ClN3O2/c1-25-18-8-7-12(9-19(18)26-2)17-10-14(15(11-22)20(23)24-17)13-5-3-4-6-16(13)21/h3-10H,1-2H3,(H2,23,24). The molecule has 1 heterocycles. The van der Waals surface area contributed by atoms with Gasteiger partial charge in [-0.15, -0.1) is 0 Å². The van der Waals surface area contributed by atoms with Gasteiger partial charge in [0.25, 0.3) is 0 Å². The van der Waals surface area contributed by atoms with Gasteiger partial charge in [-0.2, -0.15) is 5.26 Å². The van der Waals surface area contributed by atoms with Crippen LogP contribution in [0.5, 0.6) is 11.5 Å². The molecule has 5 nitrogen and oxygen atoms in total. The predicted octanol–water partition coefficient (Wildman–Crippen LogP) is 4.54. The van der Waals surface area contributed by atoms with Gasteiger partial charge in [0.2, 0.25) is 0 Å². The SMILES string of the molecule is COc1ccc(-c2cc(-c3ccccc3Cl)c(C#N)c(N)n2)cc1OC. The molecule has 2 N–H and O–H groups in total. The van der Waals surface area contributed by atoms with Gasteiger partial charge < -0.3 is 15.2 Å². The number of nitriles is 1. The van der Waals surface area contributed by atoms with Gasteiger partial charge in [0.1, 0.15) is 17.5 Å². The van der Waals surface area contributed by atoms with Crippen molar-refractivity contribution >= 4 is 17.4 Å². The Balaban J connectivity index is 2.22. The number of nitrogens with zero attached hydrogens (tertiary/aromatic N) is 2. The molecule has 0 saturated heterocycles. The number of ether oxygens (including phenoxy) is 2. The van der Waals surface area contributed by atoms with Crippen molar-refractivity contribution in [2.24, 2.45) is 0 Å². The molecule has 0 aliphatic rings. The average molecular weight is 366 g/mol. The molecule has 0 amide bonds. The third kappa shape index (κ3) is 3.15. The number of rotatable bonds is 4. The molecule has 6 heteroatoms. The molecule has 1 aromatic heterocycles. The van der Waals surface area contributed by atoms with E-state index in [1.165, 1.54) is 0 Å². The van der Waals surface area contributed by atoms with Crippen LogP contribution < -0.4 is 15.2 Å². The third-order valence-electron chi connectivity index (χ3n) is 4.00. The van der Waals surface area contributed by atoms with Crippen LogP contribution in [0.1, 0.15) is 5.56 Å². The zero-order valence-electron chi connectivity index (χ0n) is 14.3. The molecule has 0 aliphatic heterocycles. The molecule has 3 aromatic rings. The number of nitrogen functional groups attached to an aromatic ring is 1. The lowest BCUT2D eigenvalue weighted by molar-refractivity contribution is 0.355. The van der Waals surface area contributed by atoms with E-state index in [1.54, 1.807) is 32.4 Å². The average Bonchev–Trinajstić information content (AvgIpc) is 2.67. The lowest BCUT2D eigenvalue weighted by Gasteiger charge is -2.13. The van der Waals surface area contributed by atoms with Crippen LogP contribution in [0.3, 0.4) is 0 Å². The van der Waals surface area contributed by atoms with E-state index < -0.39 is 0 Å². The first-order chi connectivity index (χ1) is 12.6. The van der Waals surface area contributed by atoms with Crippen molar-refractivity contribution in [3.63, 3.8) is 0 Å². The number of anilines is 1. The molecular formula is C20H16ClN3O2. The number of methoxy groups -OCH3 is 2. The lowest BCUT2D eigenvalue weighted by Crippen LogP contribution is -2.00. The molecule has 0 atom stereocenters. The number of aromatic nitrogens is 1. The number of halogens is 1. The summed E-state index contributed by atoms with van der Waals surface area (Å²) in [6.07, 6.45) is 0. The fourth-order valence-electron chi connectivity index (χ4n) is 2.72. The second-order valence-electron chi connectivity index (χ2n) is 5.48.